The van der Waals surface area contributed by atoms with Gasteiger partial charge in [0.1, 0.15) is 0 Å². The third-order valence-corrected chi connectivity index (χ3v) is 7.62. The highest BCUT2D eigenvalue weighted by Gasteiger charge is 2.36. The second kappa shape index (κ2) is 9.63. The lowest BCUT2D eigenvalue weighted by molar-refractivity contribution is -0.110. The molecule has 3 aromatic rings. The van der Waals surface area contributed by atoms with Crippen LogP contribution in [0.3, 0.4) is 0 Å². The quantitative estimate of drug-likeness (QED) is 0.466. The number of carbonyl (C=O) groups excluding carboxylic acids is 2. The van der Waals surface area contributed by atoms with E-state index in [1.807, 2.05) is 72.8 Å². The molecule has 1 atom stereocenters. The molecule has 4 heterocycles. The smallest absolute Gasteiger partial charge is 0.258 e. The molecule has 3 fully saturated rings. The molecule has 3 N–H and O–H groups in total. The average molecular weight is 479 g/mol. The van der Waals surface area contributed by atoms with Gasteiger partial charge in [0.2, 0.25) is 0 Å². The molecular formula is C30H30N4O2. The van der Waals surface area contributed by atoms with E-state index in [0.29, 0.717) is 29.6 Å². The minimum atomic E-state index is -0.160. The maximum absolute atomic E-state index is 13.3. The van der Waals surface area contributed by atoms with Crippen LogP contribution < -0.4 is 16.0 Å². The second-order valence-electron chi connectivity index (χ2n) is 9.89. The molecule has 7 rings (SSSR count). The SMILES string of the molecule is O=C1Nc2ccc(C(=O)NCc3ccccc3)cc2/C1=C(/NC1CN2CCC1CC2)c1ccccc1. The lowest BCUT2D eigenvalue weighted by atomic mass is 9.83. The summed E-state index contributed by atoms with van der Waals surface area (Å²) in [5, 5.41) is 9.80. The lowest BCUT2D eigenvalue weighted by Gasteiger charge is -2.45. The zero-order valence-electron chi connectivity index (χ0n) is 20.2. The average Bonchev–Trinajstić information content (AvgIpc) is 3.26. The van der Waals surface area contributed by atoms with E-state index in [2.05, 4.69) is 20.9 Å². The van der Waals surface area contributed by atoms with Crippen molar-refractivity contribution in [2.45, 2.75) is 25.4 Å². The molecule has 2 bridgehead atoms. The number of nitrogens with zero attached hydrogens (tertiary/aromatic N) is 1. The standard InChI is InChI=1S/C30H30N4O2/c35-29(31-18-20-7-3-1-4-8-20)23-11-12-25-24(17-23)27(30(36)33-25)28(22-9-5-2-6-10-22)32-26-19-34-15-13-21(26)14-16-34/h1-12,17,21,26,32H,13-16,18-19H2,(H,31,35)(H,33,36)/b28-27-. The Kier molecular flexibility index (Phi) is 6.03. The summed E-state index contributed by atoms with van der Waals surface area (Å²) in [4.78, 5) is 28.8. The zero-order chi connectivity index (χ0) is 24.5. The summed E-state index contributed by atoms with van der Waals surface area (Å²) in [5.74, 6) is 0.305. The minimum Gasteiger partial charge on any atom is -0.380 e. The first-order valence-electron chi connectivity index (χ1n) is 12.7. The number of benzene rings is 3. The number of hydrogen-bond acceptors (Lipinski definition) is 4. The Labute approximate surface area is 211 Å². The molecule has 6 nitrogen and oxygen atoms in total. The van der Waals surface area contributed by atoms with Crippen LogP contribution in [0.2, 0.25) is 0 Å². The first-order valence-corrected chi connectivity index (χ1v) is 12.7. The van der Waals surface area contributed by atoms with Crippen molar-refractivity contribution in [2.24, 2.45) is 5.92 Å². The Bertz CT molecular complexity index is 1310. The Morgan fingerprint density at radius 1 is 0.917 bits per heavy atom. The summed E-state index contributed by atoms with van der Waals surface area (Å²) < 4.78 is 0. The lowest BCUT2D eigenvalue weighted by Crippen LogP contribution is -2.55. The molecule has 4 aliphatic rings. The van der Waals surface area contributed by atoms with Gasteiger partial charge in [0.05, 0.1) is 11.3 Å². The summed E-state index contributed by atoms with van der Waals surface area (Å²) in [5.41, 5.74) is 5.49. The van der Waals surface area contributed by atoms with E-state index < -0.39 is 0 Å². The summed E-state index contributed by atoms with van der Waals surface area (Å²) in [6, 6.07) is 25.6. The number of rotatable bonds is 6. The van der Waals surface area contributed by atoms with Gasteiger partial charge in [-0.2, -0.15) is 0 Å². The molecule has 0 aliphatic carbocycles. The predicted molar refractivity (Wildman–Crippen MR) is 142 cm³/mol. The maximum atomic E-state index is 13.3. The van der Waals surface area contributed by atoms with Crippen LogP contribution in [0.4, 0.5) is 5.69 Å². The number of carbonyl (C=O) groups is 2. The van der Waals surface area contributed by atoms with Gasteiger partial charge in [0.25, 0.3) is 11.8 Å². The molecule has 2 amide bonds. The van der Waals surface area contributed by atoms with Crippen LogP contribution in [-0.4, -0.2) is 42.4 Å². The molecule has 36 heavy (non-hydrogen) atoms. The molecule has 1 unspecified atom stereocenters. The van der Waals surface area contributed by atoms with Gasteiger partial charge in [-0.25, -0.2) is 0 Å². The van der Waals surface area contributed by atoms with Gasteiger partial charge in [-0.3, -0.25) is 9.59 Å². The van der Waals surface area contributed by atoms with Crippen LogP contribution in [0.5, 0.6) is 0 Å². The Morgan fingerprint density at radius 3 is 2.33 bits per heavy atom. The van der Waals surface area contributed by atoms with E-state index in [1.165, 1.54) is 12.8 Å². The zero-order valence-corrected chi connectivity index (χ0v) is 20.2. The number of amides is 2. The van der Waals surface area contributed by atoms with E-state index in [-0.39, 0.29) is 11.8 Å². The monoisotopic (exact) mass is 478 g/mol. The van der Waals surface area contributed by atoms with Crippen molar-refractivity contribution in [3.8, 4) is 0 Å². The van der Waals surface area contributed by atoms with Crippen LogP contribution in [0.1, 0.15) is 39.9 Å². The van der Waals surface area contributed by atoms with Crippen LogP contribution in [-0.2, 0) is 11.3 Å². The maximum Gasteiger partial charge on any atom is 0.258 e. The molecule has 0 spiro atoms. The van der Waals surface area contributed by atoms with Crippen molar-refractivity contribution in [1.29, 1.82) is 0 Å². The second-order valence-corrected chi connectivity index (χ2v) is 9.89. The number of fused-ring (bicyclic) bond motifs is 4. The molecular weight excluding hydrogens is 448 g/mol. The van der Waals surface area contributed by atoms with Crippen molar-refractivity contribution in [2.75, 3.05) is 25.0 Å². The molecule has 0 radical (unpaired) electrons. The highest BCUT2D eigenvalue weighted by molar-refractivity contribution is 6.36. The van der Waals surface area contributed by atoms with Crippen LogP contribution in [0, 0.1) is 5.92 Å². The van der Waals surface area contributed by atoms with Gasteiger partial charge in [-0.15, -0.1) is 0 Å². The van der Waals surface area contributed by atoms with E-state index >= 15 is 0 Å². The van der Waals surface area contributed by atoms with E-state index in [9.17, 15) is 9.59 Å². The predicted octanol–water partition coefficient (Wildman–Crippen LogP) is 4.12. The summed E-state index contributed by atoms with van der Waals surface area (Å²) in [6.07, 6.45) is 2.37. The Hall–Kier alpha value is -3.90. The third-order valence-electron chi connectivity index (χ3n) is 7.62. The topological polar surface area (TPSA) is 73.5 Å². The van der Waals surface area contributed by atoms with Crippen molar-refractivity contribution < 1.29 is 9.59 Å². The fourth-order valence-corrected chi connectivity index (χ4v) is 5.66. The summed E-state index contributed by atoms with van der Waals surface area (Å²) in [7, 11) is 0. The van der Waals surface area contributed by atoms with Gasteiger partial charge in [0.15, 0.2) is 0 Å². The van der Waals surface area contributed by atoms with E-state index in [1.54, 1.807) is 6.07 Å². The summed E-state index contributed by atoms with van der Waals surface area (Å²) >= 11 is 0. The fourth-order valence-electron chi connectivity index (χ4n) is 5.66. The Morgan fingerprint density at radius 2 is 1.64 bits per heavy atom. The van der Waals surface area contributed by atoms with Crippen LogP contribution in [0.15, 0.2) is 78.9 Å². The van der Waals surface area contributed by atoms with Gasteiger partial charge < -0.3 is 20.9 Å². The molecule has 0 aromatic heterocycles. The van der Waals surface area contributed by atoms with Crippen LogP contribution >= 0.6 is 0 Å². The molecule has 182 valence electrons. The molecule has 0 saturated carbocycles. The molecule has 3 aromatic carbocycles. The number of anilines is 1. The van der Waals surface area contributed by atoms with Crippen molar-refractivity contribution in [1.82, 2.24) is 15.5 Å². The normalized spacial score (nSPS) is 23.6. The highest BCUT2D eigenvalue weighted by Crippen LogP contribution is 2.38. The van der Waals surface area contributed by atoms with E-state index in [0.717, 1.165) is 47.7 Å². The van der Waals surface area contributed by atoms with E-state index in [4.69, 9.17) is 0 Å². The molecule has 6 heteroatoms. The minimum absolute atomic E-state index is 0.139. The van der Waals surface area contributed by atoms with Crippen molar-refractivity contribution in [3.05, 3.63) is 101 Å². The highest BCUT2D eigenvalue weighted by atomic mass is 16.2. The van der Waals surface area contributed by atoms with Crippen molar-refractivity contribution >= 4 is 28.8 Å². The van der Waals surface area contributed by atoms with Gasteiger partial charge in [-0.1, -0.05) is 60.7 Å². The van der Waals surface area contributed by atoms with Crippen LogP contribution in [0.25, 0.3) is 11.3 Å². The molecule has 3 saturated heterocycles. The first kappa shape index (κ1) is 22.6. The molecule has 4 aliphatic heterocycles. The fraction of sp³-hybridized carbons (Fsp3) is 0.267. The Balaban J connectivity index is 1.35. The number of piperidine rings is 3. The number of hydrogen-bond donors (Lipinski definition) is 3. The van der Waals surface area contributed by atoms with Gasteiger partial charge in [-0.05, 0) is 61.2 Å². The largest absolute Gasteiger partial charge is 0.380 e. The summed E-state index contributed by atoms with van der Waals surface area (Å²) in [6.45, 7) is 3.76. The first-order chi connectivity index (χ1) is 17.7. The third kappa shape index (κ3) is 4.40. The number of nitrogens with one attached hydrogen (secondary N) is 3. The van der Waals surface area contributed by atoms with Crippen molar-refractivity contribution in [3.63, 3.8) is 0 Å². The van der Waals surface area contributed by atoms with Gasteiger partial charge >= 0.3 is 0 Å². The van der Waals surface area contributed by atoms with Gasteiger partial charge in [0, 0.05) is 35.9 Å².